The molecular weight excluding hydrogens is 584 g/mol. The average Bonchev–Trinajstić information content (AvgIpc) is 3.80. The second-order valence-corrected chi connectivity index (χ2v) is 11.6. The zero-order valence-electron chi connectivity index (χ0n) is 24.6. The molecule has 2 atom stereocenters. The number of amides is 4. The largest absolute Gasteiger partial charge is 0.446 e. The highest BCUT2D eigenvalue weighted by molar-refractivity contribution is 7.09. The minimum Gasteiger partial charge on any atom is -0.446 e. The SMILES string of the molecule is CCn1cc(C(=O)N2CCNC(=O)c3coc(n3)[C@H](Cc3ccccc3)NC(=O)c3csc(n3)[C@H](C(C)C)NC(=O)C2)cn1. The van der Waals surface area contributed by atoms with Crippen LogP contribution in [0.4, 0.5) is 0 Å². The van der Waals surface area contributed by atoms with Gasteiger partial charge in [-0.1, -0.05) is 44.2 Å². The van der Waals surface area contributed by atoms with Crippen LogP contribution < -0.4 is 16.0 Å². The van der Waals surface area contributed by atoms with Crippen molar-refractivity contribution in [3.63, 3.8) is 0 Å². The van der Waals surface area contributed by atoms with E-state index in [4.69, 9.17) is 4.42 Å². The molecular formula is C30H34N8O5S. The molecule has 4 bridgehead atoms. The Morgan fingerprint density at radius 3 is 2.61 bits per heavy atom. The summed E-state index contributed by atoms with van der Waals surface area (Å²) in [6.45, 7) is 6.20. The third-order valence-electron chi connectivity index (χ3n) is 7.14. The Labute approximate surface area is 258 Å². The minimum atomic E-state index is -0.687. The highest BCUT2D eigenvalue weighted by Crippen LogP contribution is 2.26. The summed E-state index contributed by atoms with van der Waals surface area (Å²) < 4.78 is 7.30. The predicted molar refractivity (Wildman–Crippen MR) is 161 cm³/mol. The van der Waals surface area contributed by atoms with Gasteiger partial charge in [-0.3, -0.25) is 23.9 Å². The number of hydrogen-bond acceptors (Lipinski definition) is 9. The van der Waals surface area contributed by atoms with Gasteiger partial charge in [-0.15, -0.1) is 11.3 Å². The second kappa shape index (κ2) is 13.6. The van der Waals surface area contributed by atoms with Crippen molar-refractivity contribution in [3.8, 4) is 0 Å². The van der Waals surface area contributed by atoms with E-state index < -0.39 is 35.7 Å². The molecule has 1 aromatic carbocycles. The number of benzene rings is 1. The van der Waals surface area contributed by atoms with Crippen LogP contribution in [0, 0.1) is 5.92 Å². The van der Waals surface area contributed by atoms with Gasteiger partial charge in [-0.25, -0.2) is 9.97 Å². The molecule has 0 aliphatic carbocycles. The molecule has 3 aromatic heterocycles. The average molecular weight is 619 g/mol. The molecule has 1 aliphatic heterocycles. The first kappa shape index (κ1) is 30.6. The normalized spacial score (nSPS) is 18.3. The molecule has 0 radical (unpaired) electrons. The molecule has 0 saturated carbocycles. The molecule has 0 unspecified atom stereocenters. The van der Waals surface area contributed by atoms with E-state index in [1.807, 2.05) is 51.1 Å². The zero-order chi connectivity index (χ0) is 31.2. The standard InChI is InChI=1S/C30H34N8O5S/c1-4-38-14-20(13-32-38)30(42)37-11-10-31-26(40)22-16-43-28(34-22)21(12-19-8-6-5-7-9-19)33-27(41)23-17-44-29(35-23)25(18(2)3)36-24(39)15-37/h5-9,13-14,16-18,21,25H,4,10-12,15H2,1-3H3,(H,31,40)(H,33,41)(H,36,39)/t21-,25-/m0/s1. The summed E-state index contributed by atoms with van der Waals surface area (Å²) >= 11 is 1.26. The van der Waals surface area contributed by atoms with E-state index in [2.05, 4.69) is 31.0 Å². The van der Waals surface area contributed by atoms with Gasteiger partial charge in [0.05, 0.1) is 24.3 Å². The second-order valence-electron chi connectivity index (χ2n) is 10.7. The van der Waals surface area contributed by atoms with Gasteiger partial charge >= 0.3 is 0 Å². The summed E-state index contributed by atoms with van der Waals surface area (Å²) in [5.74, 6) is -1.67. The first-order chi connectivity index (χ1) is 21.2. The molecule has 0 spiro atoms. The third kappa shape index (κ3) is 7.19. The number of aromatic nitrogens is 4. The number of nitrogens with one attached hydrogen (secondary N) is 3. The lowest BCUT2D eigenvalue weighted by Crippen LogP contribution is -2.45. The van der Waals surface area contributed by atoms with Crippen molar-refractivity contribution >= 4 is 35.0 Å². The van der Waals surface area contributed by atoms with Crippen LogP contribution in [0.5, 0.6) is 0 Å². The zero-order valence-corrected chi connectivity index (χ0v) is 25.5. The van der Waals surface area contributed by atoms with E-state index >= 15 is 0 Å². The summed E-state index contributed by atoms with van der Waals surface area (Å²) in [6.07, 6.45) is 4.66. The van der Waals surface area contributed by atoms with Gasteiger partial charge in [0.25, 0.3) is 17.7 Å². The smallest absolute Gasteiger partial charge is 0.273 e. The van der Waals surface area contributed by atoms with Crippen LogP contribution in [0.15, 0.2) is 58.8 Å². The number of carbonyl (C=O) groups excluding carboxylic acids is 4. The number of oxazole rings is 1. The van der Waals surface area contributed by atoms with Crippen LogP contribution in [0.2, 0.25) is 0 Å². The fourth-order valence-electron chi connectivity index (χ4n) is 4.75. The summed E-state index contributed by atoms with van der Waals surface area (Å²) in [4.78, 5) is 63.4. The van der Waals surface area contributed by atoms with Crippen LogP contribution in [0.1, 0.15) is 80.7 Å². The predicted octanol–water partition coefficient (Wildman–Crippen LogP) is 2.76. The molecule has 5 rings (SSSR count). The molecule has 230 valence electrons. The lowest BCUT2D eigenvalue weighted by atomic mass is 10.0. The van der Waals surface area contributed by atoms with E-state index in [-0.39, 0.29) is 42.8 Å². The van der Waals surface area contributed by atoms with Gasteiger partial charge in [0.1, 0.15) is 23.0 Å². The molecule has 0 fully saturated rings. The molecule has 13 nitrogen and oxygen atoms in total. The third-order valence-corrected chi connectivity index (χ3v) is 8.07. The number of aryl methyl sites for hydroxylation is 1. The van der Waals surface area contributed by atoms with Crippen molar-refractivity contribution in [3.05, 3.63) is 87.8 Å². The molecule has 4 aromatic rings. The lowest BCUT2D eigenvalue weighted by Gasteiger charge is -2.25. The minimum absolute atomic E-state index is 0.0176. The van der Waals surface area contributed by atoms with Crippen LogP contribution in [-0.4, -0.2) is 67.9 Å². The maximum atomic E-state index is 13.4. The van der Waals surface area contributed by atoms with Gasteiger partial charge in [0.15, 0.2) is 5.69 Å². The topological polar surface area (TPSA) is 164 Å². The first-order valence-electron chi connectivity index (χ1n) is 14.4. The van der Waals surface area contributed by atoms with Crippen LogP contribution >= 0.6 is 11.3 Å². The number of hydrogen-bond donors (Lipinski definition) is 3. The van der Waals surface area contributed by atoms with Gasteiger partial charge in [-0.2, -0.15) is 5.10 Å². The van der Waals surface area contributed by atoms with Gasteiger partial charge < -0.3 is 25.3 Å². The monoisotopic (exact) mass is 618 g/mol. The fourth-order valence-corrected chi connectivity index (χ4v) is 5.77. The van der Waals surface area contributed by atoms with Crippen molar-refractivity contribution in [1.82, 2.24) is 40.6 Å². The summed E-state index contributed by atoms with van der Waals surface area (Å²) in [5, 5.41) is 15.0. The highest BCUT2D eigenvalue weighted by Gasteiger charge is 2.28. The van der Waals surface area contributed by atoms with Crippen molar-refractivity contribution in [1.29, 1.82) is 0 Å². The van der Waals surface area contributed by atoms with Crippen molar-refractivity contribution in [2.75, 3.05) is 19.6 Å². The van der Waals surface area contributed by atoms with E-state index in [0.29, 0.717) is 23.5 Å². The van der Waals surface area contributed by atoms with E-state index in [1.54, 1.807) is 16.3 Å². The van der Waals surface area contributed by atoms with Crippen LogP contribution in [0.3, 0.4) is 0 Å². The molecule has 3 N–H and O–H groups in total. The highest BCUT2D eigenvalue weighted by atomic mass is 32.1. The number of rotatable bonds is 5. The molecule has 14 heteroatoms. The summed E-state index contributed by atoms with van der Waals surface area (Å²) in [5.41, 5.74) is 1.46. The maximum Gasteiger partial charge on any atom is 0.273 e. The molecule has 0 saturated heterocycles. The quantitative estimate of drug-likeness (QED) is 0.307. The maximum absolute atomic E-state index is 13.4. The van der Waals surface area contributed by atoms with Crippen LogP contribution in [0.25, 0.3) is 0 Å². The van der Waals surface area contributed by atoms with Gasteiger partial charge in [0.2, 0.25) is 11.8 Å². The van der Waals surface area contributed by atoms with Gasteiger partial charge in [-0.05, 0) is 18.4 Å². The van der Waals surface area contributed by atoms with Crippen molar-refractivity contribution < 1.29 is 23.6 Å². The Morgan fingerprint density at radius 1 is 1.09 bits per heavy atom. The Bertz CT molecular complexity index is 1630. The Balaban J connectivity index is 1.46. The lowest BCUT2D eigenvalue weighted by molar-refractivity contribution is -0.122. The Morgan fingerprint density at radius 2 is 1.89 bits per heavy atom. The number of thiazole rings is 1. The van der Waals surface area contributed by atoms with E-state index in [0.717, 1.165) is 5.56 Å². The Kier molecular flexibility index (Phi) is 9.48. The summed E-state index contributed by atoms with van der Waals surface area (Å²) in [6, 6.07) is 8.34. The van der Waals surface area contributed by atoms with Crippen molar-refractivity contribution in [2.45, 2.75) is 45.8 Å². The molecule has 4 heterocycles. The Hall–Kier alpha value is -4.85. The number of nitrogens with zero attached hydrogens (tertiary/aromatic N) is 5. The molecule has 1 aliphatic rings. The van der Waals surface area contributed by atoms with Crippen molar-refractivity contribution in [2.24, 2.45) is 5.92 Å². The molecule has 44 heavy (non-hydrogen) atoms. The fraction of sp³-hybridized carbons (Fsp3) is 0.367. The van der Waals surface area contributed by atoms with Gasteiger partial charge in [0, 0.05) is 37.6 Å². The first-order valence-corrected chi connectivity index (χ1v) is 15.2. The number of carbonyl (C=O) groups is 4. The number of fused-ring (bicyclic) bond motifs is 4. The van der Waals surface area contributed by atoms with E-state index in [9.17, 15) is 19.2 Å². The van der Waals surface area contributed by atoms with Crippen LogP contribution in [-0.2, 0) is 17.8 Å². The summed E-state index contributed by atoms with van der Waals surface area (Å²) in [7, 11) is 0. The molecule has 4 amide bonds. The van der Waals surface area contributed by atoms with E-state index in [1.165, 1.54) is 28.7 Å².